The number of hydrazone groups is 1. The van der Waals surface area contributed by atoms with E-state index >= 15 is 0 Å². The Balaban J connectivity index is 2.43. The highest BCUT2D eigenvalue weighted by atomic mass is 32.1. The Hall–Kier alpha value is -1.88. The van der Waals surface area contributed by atoms with Crippen LogP contribution in [0.3, 0.4) is 0 Å². The molecule has 0 saturated carbocycles. The van der Waals surface area contributed by atoms with Crippen molar-refractivity contribution in [2.75, 3.05) is 4.90 Å². The molecule has 22 heavy (non-hydrogen) atoms. The van der Waals surface area contributed by atoms with Crippen LogP contribution in [0.1, 0.15) is 45.7 Å². The number of hydrogen-bond acceptors (Lipinski definition) is 3. The fourth-order valence-electron chi connectivity index (χ4n) is 3.26. The second-order valence-corrected chi connectivity index (χ2v) is 6.90. The lowest BCUT2D eigenvalue weighted by Crippen LogP contribution is -2.49. The Labute approximate surface area is 138 Å². The molecule has 118 valence electrons. The molecule has 0 spiro atoms. The summed E-state index contributed by atoms with van der Waals surface area (Å²) in [6, 6.07) is 6.80. The van der Waals surface area contributed by atoms with Gasteiger partial charge in [-0.25, -0.2) is 0 Å². The van der Waals surface area contributed by atoms with Gasteiger partial charge in [-0.05, 0) is 70.1 Å². The number of anilines is 1. The number of nitrogens with two attached hydrogens (primary N) is 1. The lowest BCUT2D eigenvalue weighted by atomic mass is 9.87. The van der Waals surface area contributed by atoms with Crippen LogP contribution in [0.4, 0.5) is 5.69 Å². The molecule has 1 aromatic rings. The molecule has 3 N–H and O–H groups in total. The highest BCUT2D eigenvalue weighted by Gasteiger charge is 2.32. The number of hydrogen-bond donors (Lipinski definition) is 2. The third kappa shape index (κ3) is 3.30. The van der Waals surface area contributed by atoms with E-state index in [0.717, 1.165) is 5.56 Å². The van der Waals surface area contributed by atoms with E-state index in [-0.39, 0.29) is 10.7 Å². The van der Waals surface area contributed by atoms with Crippen molar-refractivity contribution in [2.24, 2.45) is 10.8 Å². The molecule has 0 amide bonds. The fraction of sp³-hybridized carbons (Fsp3) is 0.412. The van der Waals surface area contributed by atoms with Crippen LogP contribution in [0.25, 0.3) is 5.57 Å². The SMILES string of the molecule is CC1=CC(C)(C)N(C(C)C)c2ccc(/C=N\NC(N)=S)cc21. The van der Waals surface area contributed by atoms with Crippen molar-refractivity contribution in [1.29, 1.82) is 0 Å². The molecular formula is C17H24N4S. The zero-order chi connectivity index (χ0) is 16.5. The number of benzene rings is 1. The standard InChI is InChI=1S/C17H24N4S/c1-11(2)21-15-7-6-13(10-19-20-16(18)22)8-14(15)12(3)9-17(21,4)5/h6-11H,1-5H3,(H3,18,20,22)/b19-10-. The second kappa shape index (κ2) is 6.08. The molecule has 0 radical (unpaired) electrons. The van der Waals surface area contributed by atoms with Crippen molar-refractivity contribution in [2.45, 2.75) is 46.2 Å². The van der Waals surface area contributed by atoms with Gasteiger partial charge in [0.25, 0.3) is 0 Å². The molecule has 0 bridgehead atoms. The number of rotatable bonds is 3. The maximum atomic E-state index is 5.36. The third-order valence-electron chi connectivity index (χ3n) is 3.80. The van der Waals surface area contributed by atoms with E-state index in [0.29, 0.717) is 6.04 Å². The molecule has 1 aliphatic rings. The predicted octanol–water partition coefficient (Wildman–Crippen LogP) is 3.26. The van der Waals surface area contributed by atoms with E-state index < -0.39 is 0 Å². The Morgan fingerprint density at radius 1 is 1.41 bits per heavy atom. The summed E-state index contributed by atoms with van der Waals surface area (Å²) in [7, 11) is 0. The molecular weight excluding hydrogens is 292 g/mol. The average Bonchev–Trinajstić information content (AvgIpc) is 2.37. The Morgan fingerprint density at radius 3 is 2.68 bits per heavy atom. The van der Waals surface area contributed by atoms with Crippen LogP contribution < -0.4 is 16.1 Å². The van der Waals surface area contributed by atoms with Gasteiger partial charge >= 0.3 is 0 Å². The van der Waals surface area contributed by atoms with E-state index in [4.69, 9.17) is 18.0 Å². The summed E-state index contributed by atoms with van der Waals surface area (Å²) in [4.78, 5) is 2.45. The maximum absolute atomic E-state index is 5.36. The first-order valence-electron chi connectivity index (χ1n) is 7.44. The monoisotopic (exact) mass is 316 g/mol. The van der Waals surface area contributed by atoms with Crippen LogP contribution in [-0.2, 0) is 0 Å². The third-order valence-corrected chi connectivity index (χ3v) is 3.89. The van der Waals surface area contributed by atoms with Crippen LogP contribution in [0, 0.1) is 0 Å². The van der Waals surface area contributed by atoms with Crippen molar-refractivity contribution in [3.8, 4) is 0 Å². The Kier molecular flexibility index (Phi) is 4.56. The number of nitrogens with one attached hydrogen (secondary N) is 1. The number of thiocarbonyl (C=S) groups is 1. The van der Waals surface area contributed by atoms with Crippen molar-refractivity contribution in [3.05, 3.63) is 35.4 Å². The molecule has 0 unspecified atom stereocenters. The molecule has 1 aliphatic heterocycles. The normalized spacial score (nSPS) is 16.6. The van der Waals surface area contributed by atoms with Crippen molar-refractivity contribution in [1.82, 2.24) is 5.43 Å². The first kappa shape index (κ1) is 16.5. The number of fused-ring (bicyclic) bond motifs is 1. The highest BCUT2D eigenvalue weighted by molar-refractivity contribution is 7.80. The Bertz CT molecular complexity index is 644. The van der Waals surface area contributed by atoms with Crippen LogP contribution in [0.15, 0.2) is 29.4 Å². The van der Waals surface area contributed by atoms with Gasteiger partial charge in [-0.3, -0.25) is 5.43 Å². The molecule has 1 heterocycles. The summed E-state index contributed by atoms with van der Waals surface area (Å²) < 4.78 is 0. The van der Waals surface area contributed by atoms with Gasteiger partial charge in [0.05, 0.1) is 11.8 Å². The van der Waals surface area contributed by atoms with Gasteiger partial charge in [-0.2, -0.15) is 5.10 Å². The minimum Gasteiger partial charge on any atom is -0.375 e. The van der Waals surface area contributed by atoms with E-state index in [2.05, 4.69) is 74.3 Å². The summed E-state index contributed by atoms with van der Waals surface area (Å²) >= 11 is 4.73. The van der Waals surface area contributed by atoms with Gasteiger partial charge in [0.2, 0.25) is 0 Å². The first-order chi connectivity index (χ1) is 10.2. The van der Waals surface area contributed by atoms with Gasteiger partial charge in [-0.15, -0.1) is 0 Å². The van der Waals surface area contributed by atoms with Crippen LogP contribution in [0.2, 0.25) is 0 Å². The van der Waals surface area contributed by atoms with Crippen molar-refractivity contribution in [3.63, 3.8) is 0 Å². The van der Waals surface area contributed by atoms with E-state index in [1.807, 2.05) is 0 Å². The molecule has 0 fully saturated rings. The zero-order valence-corrected chi connectivity index (χ0v) is 14.7. The molecule has 0 atom stereocenters. The Morgan fingerprint density at radius 2 is 2.09 bits per heavy atom. The fourth-order valence-corrected chi connectivity index (χ4v) is 3.31. The lowest BCUT2D eigenvalue weighted by Gasteiger charge is -2.46. The predicted molar refractivity (Wildman–Crippen MR) is 99.3 cm³/mol. The van der Waals surface area contributed by atoms with Gasteiger partial charge in [0, 0.05) is 17.3 Å². The largest absolute Gasteiger partial charge is 0.375 e. The summed E-state index contributed by atoms with van der Waals surface area (Å²) in [5.41, 5.74) is 12.8. The van der Waals surface area contributed by atoms with Crippen LogP contribution in [0.5, 0.6) is 0 Å². The van der Waals surface area contributed by atoms with E-state index in [1.165, 1.54) is 16.8 Å². The molecule has 0 saturated heterocycles. The van der Waals surface area contributed by atoms with Gasteiger partial charge in [-0.1, -0.05) is 12.1 Å². The molecule has 0 aliphatic carbocycles. The minimum absolute atomic E-state index is 0.00808. The van der Waals surface area contributed by atoms with Crippen LogP contribution >= 0.6 is 12.2 Å². The topological polar surface area (TPSA) is 53.6 Å². The summed E-state index contributed by atoms with van der Waals surface area (Å²) in [6.45, 7) is 11.1. The second-order valence-electron chi connectivity index (χ2n) is 6.46. The quantitative estimate of drug-likeness (QED) is 0.510. The molecule has 4 nitrogen and oxygen atoms in total. The van der Waals surface area contributed by atoms with E-state index in [9.17, 15) is 0 Å². The molecule has 0 aromatic heterocycles. The average molecular weight is 316 g/mol. The minimum atomic E-state index is 0.00808. The first-order valence-corrected chi connectivity index (χ1v) is 7.85. The molecule has 5 heteroatoms. The van der Waals surface area contributed by atoms with Gasteiger partial charge < -0.3 is 10.6 Å². The summed E-state index contributed by atoms with van der Waals surface area (Å²) in [6.07, 6.45) is 4.05. The number of allylic oxidation sites excluding steroid dienone is 1. The highest BCUT2D eigenvalue weighted by Crippen LogP contribution is 2.40. The molecule has 1 aromatic carbocycles. The van der Waals surface area contributed by atoms with Crippen molar-refractivity contribution < 1.29 is 0 Å². The van der Waals surface area contributed by atoms with Crippen molar-refractivity contribution >= 4 is 34.8 Å². The summed E-state index contributed by atoms with van der Waals surface area (Å²) in [5, 5.41) is 4.19. The van der Waals surface area contributed by atoms with Crippen LogP contribution in [-0.4, -0.2) is 22.9 Å². The van der Waals surface area contributed by atoms with Gasteiger partial charge in [0.1, 0.15) is 0 Å². The maximum Gasteiger partial charge on any atom is 0.184 e. The zero-order valence-electron chi connectivity index (χ0n) is 13.8. The van der Waals surface area contributed by atoms with E-state index in [1.54, 1.807) is 6.21 Å². The summed E-state index contributed by atoms with van der Waals surface area (Å²) in [5.74, 6) is 0. The smallest absolute Gasteiger partial charge is 0.184 e. The van der Waals surface area contributed by atoms with Gasteiger partial charge in [0.15, 0.2) is 5.11 Å². The molecule has 2 rings (SSSR count). The number of nitrogens with zero attached hydrogens (tertiary/aromatic N) is 2. The lowest BCUT2D eigenvalue weighted by molar-refractivity contribution is 0.507.